The zero-order valence-electron chi connectivity index (χ0n) is 17.4. The van der Waals surface area contributed by atoms with E-state index < -0.39 is 11.7 Å². The van der Waals surface area contributed by atoms with E-state index in [0.717, 1.165) is 12.8 Å². The lowest BCUT2D eigenvalue weighted by molar-refractivity contribution is -0.139. The highest BCUT2D eigenvalue weighted by Gasteiger charge is 2.30. The van der Waals surface area contributed by atoms with Gasteiger partial charge < -0.3 is 19.3 Å². The van der Waals surface area contributed by atoms with E-state index in [1.54, 1.807) is 31.0 Å². The fraction of sp³-hybridized carbons (Fsp3) is 0.619. The third-order valence-corrected chi connectivity index (χ3v) is 4.87. The van der Waals surface area contributed by atoms with Crippen LogP contribution in [0.15, 0.2) is 24.3 Å². The van der Waals surface area contributed by atoms with Crippen molar-refractivity contribution in [1.29, 1.82) is 0 Å². The van der Waals surface area contributed by atoms with Gasteiger partial charge >= 0.3 is 6.09 Å². The van der Waals surface area contributed by atoms with E-state index in [9.17, 15) is 9.59 Å². The van der Waals surface area contributed by atoms with E-state index in [-0.39, 0.29) is 17.9 Å². The van der Waals surface area contributed by atoms with Crippen molar-refractivity contribution in [2.24, 2.45) is 5.92 Å². The van der Waals surface area contributed by atoms with Gasteiger partial charge in [-0.05, 0) is 58.6 Å². The Labute approximate surface area is 172 Å². The van der Waals surface area contributed by atoms with Gasteiger partial charge in [0, 0.05) is 26.7 Å². The molecule has 0 aliphatic carbocycles. The Morgan fingerprint density at radius 1 is 1.32 bits per heavy atom. The molecule has 0 bridgehead atoms. The summed E-state index contributed by atoms with van der Waals surface area (Å²) in [6, 6.07) is 7.12. The third-order valence-electron chi connectivity index (χ3n) is 4.56. The lowest BCUT2D eigenvalue weighted by Crippen LogP contribution is -2.48. The number of hydrogen-bond donors (Lipinski definition) is 0. The summed E-state index contributed by atoms with van der Waals surface area (Å²) in [5.41, 5.74) is -0.522. The summed E-state index contributed by atoms with van der Waals surface area (Å²) >= 11 is 6.12. The van der Waals surface area contributed by atoms with Crippen molar-refractivity contribution in [3.8, 4) is 5.75 Å². The molecule has 28 heavy (non-hydrogen) atoms. The molecule has 1 aliphatic rings. The van der Waals surface area contributed by atoms with E-state index >= 15 is 0 Å². The van der Waals surface area contributed by atoms with Crippen LogP contribution in [0, 0.1) is 5.92 Å². The van der Waals surface area contributed by atoms with Gasteiger partial charge in [0.15, 0.2) is 6.10 Å². The topological polar surface area (TPSA) is 59.1 Å². The Morgan fingerprint density at radius 3 is 2.64 bits per heavy atom. The average molecular weight is 411 g/mol. The van der Waals surface area contributed by atoms with Crippen LogP contribution >= 0.6 is 11.6 Å². The second-order valence-corrected chi connectivity index (χ2v) is 8.75. The third kappa shape index (κ3) is 6.59. The minimum absolute atomic E-state index is 0.0652. The Bertz CT molecular complexity index is 689. The van der Waals surface area contributed by atoms with Gasteiger partial charge in [0.05, 0.1) is 5.02 Å². The van der Waals surface area contributed by atoms with Crippen molar-refractivity contribution in [3.05, 3.63) is 29.3 Å². The molecule has 7 heteroatoms. The molecule has 2 rings (SSSR count). The van der Waals surface area contributed by atoms with E-state index in [1.807, 2.05) is 37.8 Å². The highest BCUT2D eigenvalue weighted by molar-refractivity contribution is 6.32. The first kappa shape index (κ1) is 22.3. The number of halogens is 1. The zero-order valence-corrected chi connectivity index (χ0v) is 18.2. The highest BCUT2D eigenvalue weighted by Crippen LogP contribution is 2.25. The van der Waals surface area contributed by atoms with Gasteiger partial charge in [0.25, 0.3) is 5.91 Å². The van der Waals surface area contributed by atoms with E-state index in [2.05, 4.69) is 0 Å². The van der Waals surface area contributed by atoms with Gasteiger partial charge in [-0.1, -0.05) is 23.7 Å². The molecular weight excluding hydrogens is 380 g/mol. The number of carbonyl (C=O) groups excluding carboxylic acids is 2. The molecule has 0 spiro atoms. The molecule has 1 aliphatic heterocycles. The van der Waals surface area contributed by atoms with Crippen LogP contribution in [0.5, 0.6) is 5.75 Å². The van der Waals surface area contributed by atoms with E-state index in [0.29, 0.717) is 30.4 Å². The van der Waals surface area contributed by atoms with Crippen molar-refractivity contribution < 1.29 is 19.1 Å². The molecule has 1 aromatic rings. The molecule has 2 amide bonds. The lowest BCUT2D eigenvalue weighted by Gasteiger charge is -2.36. The molecule has 1 heterocycles. The van der Waals surface area contributed by atoms with Crippen LogP contribution in [0.4, 0.5) is 4.79 Å². The van der Waals surface area contributed by atoms with Crippen LogP contribution in [0.3, 0.4) is 0 Å². The second kappa shape index (κ2) is 9.50. The number of amides is 2. The molecule has 1 aromatic carbocycles. The van der Waals surface area contributed by atoms with Crippen LogP contribution in [0.25, 0.3) is 0 Å². The molecule has 1 fully saturated rings. The largest absolute Gasteiger partial charge is 0.479 e. The smallest absolute Gasteiger partial charge is 0.410 e. The van der Waals surface area contributed by atoms with Gasteiger partial charge in [0.1, 0.15) is 11.4 Å². The van der Waals surface area contributed by atoms with Crippen molar-refractivity contribution in [2.75, 3.05) is 26.7 Å². The maximum atomic E-state index is 12.8. The number of benzene rings is 1. The Kier molecular flexibility index (Phi) is 7.58. The van der Waals surface area contributed by atoms with Crippen molar-refractivity contribution in [2.45, 2.75) is 52.2 Å². The minimum atomic E-state index is -0.623. The molecule has 2 atom stereocenters. The lowest BCUT2D eigenvalue weighted by atomic mass is 9.97. The number of carbonyl (C=O) groups is 2. The van der Waals surface area contributed by atoms with Gasteiger partial charge in [-0.25, -0.2) is 4.79 Å². The van der Waals surface area contributed by atoms with Crippen molar-refractivity contribution in [3.63, 3.8) is 0 Å². The van der Waals surface area contributed by atoms with E-state index in [1.165, 1.54) is 0 Å². The average Bonchev–Trinajstić information content (AvgIpc) is 2.61. The summed E-state index contributed by atoms with van der Waals surface area (Å²) in [6.07, 6.45) is 0.905. The van der Waals surface area contributed by atoms with Crippen LogP contribution in [-0.4, -0.2) is 60.2 Å². The van der Waals surface area contributed by atoms with Gasteiger partial charge in [-0.3, -0.25) is 4.79 Å². The van der Waals surface area contributed by atoms with Crippen molar-refractivity contribution in [1.82, 2.24) is 9.80 Å². The molecule has 0 N–H and O–H groups in total. The van der Waals surface area contributed by atoms with Crippen LogP contribution in [-0.2, 0) is 9.53 Å². The van der Waals surface area contributed by atoms with Crippen LogP contribution in [0.1, 0.15) is 40.5 Å². The molecule has 0 aromatic heterocycles. The number of likely N-dealkylation sites (tertiary alicyclic amines) is 1. The number of piperidine rings is 1. The fourth-order valence-electron chi connectivity index (χ4n) is 3.25. The van der Waals surface area contributed by atoms with E-state index in [4.69, 9.17) is 21.1 Å². The first-order chi connectivity index (χ1) is 13.1. The number of rotatable bonds is 5. The monoisotopic (exact) mass is 410 g/mol. The Hall–Kier alpha value is -1.95. The SMILES string of the molecule is CC(Oc1ccccc1Cl)C(=O)N1CCCC(CN(C)C(=O)OC(C)(C)C)C1. The molecule has 0 saturated carbocycles. The number of hydrogen-bond acceptors (Lipinski definition) is 4. The summed E-state index contributed by atoms with van der Waals surface area (Å²) in [6.45, 7) is 9.13. The van der Waals surface area contributed by atoms with Crippen LogP contribution < -0.4 is 4.74 Å². The van der Waals surface area contributed by atoms with Gasteiger partial charge in [0.2, 0.25) is 0 Å². The van der Waals surface area contributed by atoms with Gasteiger partial charge in [-0.15, -0.1) is 0 Å². The zero-order chi connectivity index (χ0) is 20.9. The summed E-state index contributed by atoms with van der Waals surface area (Å²) < 4.78 is 11.2. The standard InChI is InChI=1S/C21H31ClN2O4/c1-15(27-18-11-7-6-10-17(18)22)19(25)24-12-8-9-16(14-24)13-23(5)20(26)28-21(2,3)4/h6-7,10-11,15-16H,8-9,12-14H2,1-5H3. The summed E-state index contributed by atoms with van der Waals surface area (Å²) in [7, 11) is 1.73. The van der Waals surface area contributed by atoms with Gasteiger partial charge in [-0.2, -0.15) is 0 Å². The molecule has 156 valence electrons. The number of ether oxygens (including phenoxy) is 2. The molecule has 0 radical (unpaired) electrons. The second-order valence-electron chi connectivity index (χ2n) is 8.34. The minimum Gasteiger partial charge on any atom is -0.479 e. The molecular formula is C21H31ClN2O4. The van der Waals surface area contributed by atoms with Crippen LogP contribution in [0.2, 0.25) is 5.02 Å². The first-order valence-electron chi connectivity index (χ1n) is 9.71. The maximum absolute atomic E-state index is 12.8. The van der Waals surface area contributed by atoms with Crippen molar-refractivity contribution >= 4 is 23.6 Å². The summed E-state index contributed by atoms with van der Waals surface area (Å²) in [5.74, 6) is 0.649. The Morgan fingerprint density at radius 2 is 2.00 bits per heavy atom. The summed E-state index contributed by atoms with van der Waals surface area (Å²) in [5, 5.41) is 0.484. The Balaban J connectivity index is 1.90. The molecule has 1 saturated heterocycles. The molecule has 2 unspecified atom stereocenters. The maximum Gasteiger partial charge on any atom is 0.410 e. The predicted octanol–water partition coefficient (Wildman–Crippen LogP) is 4.21. The number of para-hydroxylation sites is 1. The predicted molar refractivity (Wildman–Crippen MR) is 110 cm³/mol. The normalized spacial score (nSPS) is 18.4. The highest BCUT2D eigenvalue weighted by atomic mass is 35.5. The quantitative estimate of drug-likeness (QED) is 0.729. The molecule has 6 nitrogen and oxygen atoms in total. The first-order valence-corrected chi connectivity index (χ1v) is 10.1. The fourth-order valence-corrected chi connectivity index (χ4v) is 3.43. The summed E-state index contributed by atoms with van der Waals surface area (Å²) in [4.78, 5) is 28.4. The number of nitrogens with zero attached hydrogens (tertiary/aromatic N) is 2.